The molecule has 0 saturated carbocycles. The van der Waals surface area contributed by atoms with Crippen LogP contribution in [-0.2, 0) is 6.42 Å². The molecule has 3 aromatic heterocycles. The van der Waals surface area contributed by atoms with Crippen molar-refractivity contribution in [3.8, 4) is 22.1 Å². The van der Waals surface area contributed by atoms with Gasteiger partial charge in [0, 0.05) is 4.88 Å². The summed E-state index contributed by atoms with van der Waals surface area (Å²) in [5.74, 6) is 1.47. The van der Waals surface area contributed by atoms with Crippen LogP contribution in [0.4, 0.5) is 5.00 Å². The van der Waals surface area contributed by atoms with Crippen molar-refractivity contribution in [1.29, 1.82) is 0 Å². The fourth-order valence-electron chi connectivity index (χ4n) is 1.71. The normalized spacial score (nSPS) is 10.9. The van der Waals surface area contributed by atoms with Crippen LogP contribution in [0, 0.1) is 0 Å². The number of nitrogens with zero attached hydrogens (tertiary/aromatic N) is 2. The van der Waals surface area contributed by atoms with E-state index in [0.717, 1.165) is 27.7 Å². The molecule has 0 aliphatic heterocycles. The summed E-state index contributed by atoms with van der Waals surface area (Å²) in [7, 11) is 0. The van der Waals surface area contributed by atoms with Gasteiger partial charge in [0.2, 0.25) is 0 Å². The van der Waals surface area contributed by atoms with Crippen LogP contribution in [0.2, 0.25) is 0 Å². The minimum Gasteiger partial charge on any atom is -0.390 e. The maximum atomic E-state index is 6.00. The Hall–Kier alpha value is -1.66. The highest BCUT2D eigenvalue weighted by molar-refractivity contribution is 7.16. The van der Waals surface area contributed by atoms with Crippen molar-refractivity contribution in [3.63, 3.8) is 0 Å². The molecule has 0 amide bonds. The number of H-pyrrole nitrogens is 1. The molecule has 0 aliphatic carbocycles. The lowest BCUT2D eigenvalue weighted by Gasteiger charge is -1.90. The largest absolute Gasteiger partial charge is 0.390 e. The Morgan fingerprint density at radius 1 is 1.44 bits per heavy atom. The van der Waals surface area contributed by atoms with E-state index in [2.05, 4.69) is 28.2 Å². The lowest BCUT2D eigenvalue weighted by atomic mass is 10.2. The molecule has 0 radical (unpaired) electrons. The standard InChI is InChI=1S/C12H12N4S2/c1-2-7-6-8(10(13)18-7)11-14-12(16-15-11)9-4-3-5-17-9/h3-6H,2,13H2,1H3,(H,14,15,16). The van der Waals surface area contributed by atoms with Crippen molar-refractivity contribution in [2.75, 3.05) is 5.73 Å². The van der Waals surface area contributed by atoms with Gasteiger partial charge < -0.3 is 5.73 Å². The van der Waals surface area contributed by atoms with Gasteiger partial charge in [-0.05, 0) is 23.9 Å². The first-order valence-electron chi connectivity index (χ1n) is 5.62. The van der Waals surface area contributed by atoms with Gasteiger partial charge in [-0.3, -0.25) is 5.10 Å². The molecule has 3 rings (SSSR count). The second-order valence-electron chi connectivity index (χ2n) is 3.83. The molecule has 0 spiro atoms. The van der Waals surface area contributed by atoms with E-state index in [4.69, 9.17) is 5.73 Å². The molecule has 0 saturated heterocycles. The zero-order valence-electron chi connectivity index (χ0n) is 9.80. The van der Waals surface area contributed by atoms with Gasteiger partial charge in [-0.1, -0.05) is 13.0 Å². The van der Waals surface area contributed by atoms with E-state index in [1.54, 1.807) is 22.7 Å². The van der Waals surface area contributed by atoms with Crippen molar-refractivity contribution < 1.29 is 0 Å². The van der Waals surface area contributed by atoms with E-state index in [1.807, 2.05) is 17.5 Å². The molecule has 0 bridgehead atoms. The van der Waals surface area contributed by atoms with E-state index in [0.29, 0.717) is 5.82 Å². The Kier molecular flexibility index (Phi) is 2.89. The first-order valence-corrected chi connectivity index (χ1v) is 7.32. The smallest absolute Gasteiger partial charge is 0.184 e. The lowest BCUT2D eigenvalue weighted by Crippen LogP contribution is -1.85. The highest BCUT2D eigenvalue weighted by Gasteiger charge is 2.13. The molecule has 6 heteroatoms. The third-order valence-electron chi connectivity index (χ3n) is 2.64. The Bertz CT molecular complexity index is 651. The van der Waals surface area contributed by atoms with Crippen LogP contribution in [0.3, 0.4) is 0 Å². The van der Waals surface area contributed by atoms with Gasteiger partial charge in [0.15, 0.2) is 11.6 Å². The second-order valence-corrected chi connectivity index (χ2v) is 5.95. The maximum absolute atomic E-state index is 6.00. The van der Waals surface area contributed by atoms with Crippen molar-refractivity contribution in [2.24, 2.45) is 0 Å². The molecule has 4 nitrogen and oxygen atoms in total. The number of nitrogens with two attached hydrogens (primary N) is 1. The zero-order chi connectivity index (χ0) is 12.5. The molecule has 3 aromatic rings. The number of rotatable bonds is 3. The average Bonchev–Trinajstić information content (AvgIpc) is 3.08. The number of aromatic amines is 1. The highest BCUT2D eigenvalue weighted by atomic mass is 32.1. The predicted molar refractivity (Wildman–Crippen MR) is 76.8 cm³/mol. The molecule has 3 N–H and O–H groups in total. The van der Waals surface area contributed by atoms with Crippen LogP contribution in [0.5, 0.6) is 0 Å². The Morgan fingerprint density at radius 2 is 2.33 bits per heavy atom. The first kappa shape index (κ1) is 11.4. The number of nitrogen functional groups attached to an aromatic ring is 1. The monoisotopic (exact) mass is 276 g/mol. The number of hydrogen-bond donors (Lipinski definition) is 2. The number of aryl methyl sites for hydroxylation is 1. The van der Waals surface area contributed by atoms with Gasteiger partial charge in [-0.15, -0.1) is 22.7 Å². The summed E-state index contributed by atoms with van der Waals surface area (Å²) < 4.78 is 0. The van der Waals surface area contributed by atoms with Gasteiger partial charge in [0.1, 0.15) is 0 Å². The fraction of sp³-hybridized carbons (Fsp3) is 0.167. The highest BCUT2D eigenvalue weighted by Crippen LogP contribution is 2.33. The molecule has 0 aromatic carbocycles. The van der Waals surface area contributed by atoms with E-state index in [9.17, 15) is 0 Å². The summed E-state index contributed by atoms with van der Waals surface area (Å²) in [6.45, 7) is 2.12. The summed E-state index contributed by atoms with van der Waals surface area (Å²) in [5.41, 5.74) is 6.93. The minimum absolute atomic E-state index is 0.673. The van der Waals surface area contributed by atoms with Gasteiger partial charge in [-0.25, -0.2) is 4.98 Å². The zero-order valence-corrected chi connectivity index (χ0v) is 11.4. The summed E-state index contributed by atoms with van der Waals surface area (Å²) in [6, 6.07) is 6.08. The number of nitrogens with one attached hydrogen (secondary N) is 1. The lowest BCUT2D eigenvalue weighted by molar-refractivity contribution is 1.10. The average molecular weight is 276 g/mol. The summed E-state index contributed by atoms with van der Waals surface area (Å²) in [5, 5.41) is 10.0. The van der Waals surface area contributed by atoms with E-state index in [1.165, 1.54) is 4.88 Å². The first-order chi connectivity index (χ1) is 8.78. The third-order valence-corrected chi connectivity index (χ3v) is 4.63. The molecule has 3 heterocycles. The van der Waals surface area contributed by atoms with Crippen LogP contribution in [0.15, 0.2) is 23.6 Å². The number of aromatic nitrogens is 3. The van der Waals surface area contributed by atoms with Crippen molar-refractivity contribution in [2.45, 2.75) is 13.3 Å². The SMILES string of the molecule is CCc1cc(-c2n[nH]c(-c3cccs3)n2)c(N)s1. The summed E-state index contributed by atoms with van der Waals surface area (Å²) >= 11 is 3.24. The Balaban J connectivity index is 2.00. The minimum atomic E-state index is 0.673. The van der Waals surface area contributed by atoms with Gasteiger partial charge >= 0.3 is 0 Å². The molecule has 0 unspecified atom stereocenters. The molecular weight excluding hydrogens is 264 g/mol. The van der Waals surface area contributed by atoms with E-state index in [-0.39, 0.29) is 0 Å². The Morgan fingerprint density at radius 3 is 3.00 bits per heavy atom. The van der Waals surface area contributed by atoms with Crippen LogP contribution in [-0.4, -0.2) is 15.2 Å². The molecule has 0 atom stereocenters. The molecule has 0 aliphatic rings. The topological polar surface area (TPSA) is 67.6 Å². The van der Waals surface area contributed by atoms with Crippen LogP contribution >= 0.6 is 22.7 Å². The number of anilines is 1. The van der Waals surface area contributed by atoms with Crippen LogP contribution in [0.25, 0.3) is 22.1 Å². The maximum Gasteiger partial charge on any atom is 0.184 e. The van der Waals surface area contributed by atoms with Gasteiger partial charge in [0.05, 0.1) is 15.4 Å². The van der Waals surface area contributed by atoms with Crippen molar-refractivity contribution in [1.82, 2.24) is 15.2 Å². The number of hydrogen-bond acceptors (Lipinski definition) is 5. The van der Waals surface area contributed by atoms with E-state index >= 15 is 0 Å². The molecule has 0 fully saturated rings. The van der Waals surface area contributed by atoms with Gasteiger partial charge in [0.25, 0.3) is 0 Å². The van der Waals surface area contributed by atoms with Crippen LogP contribution < -0.4 is 5.73 Å². The quantitative estimate of drug-likeness (QED) is 0.770. The predicted octanol–water partition coefficient (Wildman–Crippen LogP) is 3.41. The number of thiophene rings is 2. The summed E-state index contributed by atoms with van der Waals surface area (Å²) in [6.07, 6.45) is 0.983. The molecular formula is C12H12N4S2. The fourth-order valence-corrected chi connectivity index (χ4v) is 3.24. The molecule has 18 heavy (non-hydrogen) atoms. The van der Waals surface area contributed by atoms with E-state index < -0.39 is 0 Å². The van der Waals surface area contributed by atoms with Crippen molar-refractivity contribution in [3.05, 3.63) is 28.5 Å². The third kappa shape index (κ3) is 1.93. The van der Waals surface area contributed by atoms with Crippen molar-refractivity contribution >= 4 is 27.7 Å². The Labute approximate surface area is 113 Å². The van der Waals surface area contributed by atoms with Crippen LogP contribution in [0.1, 0.15) is 11.8 Å². The van der Waals surface area contributed by atoms with Gasteiger partial charge in [-0.2, -0.15) is 5.10 Å². The summed E-state index contributed by atoms with van der Waals surface area (Å²) in [4.78, 5) is 6.84. The second kappa shape index (κ2) is 4.55. The molecule has 92 valence electrons.